The summed E-state index contributed by atoms with van der Waals surface area (Å²) in [5, 5.41) is 3.94. The number of piperazine rings is 1. The molecule has 2 aromatic carbocycles. The Morgan fingerprint density at radius 2 is 1.59 bits per heavy atom. The van der Waals surface area contributed by atoms with E-state index < -0.39 is 40.4 Å². The second-order valence-corrected chi connectivity index (χ2v) is 7.71. The number of carbonyl (C=O) groups excluding carboxylic acids is 1. The van der Waals surface area contributed by atoms with Gasteiger partial charge in [-0.15, -0.1) is 0 Å². The first-order valence-corrected chi connectivity index (χ1v) is 10.2. The maximum atomic E-state index is 13.2. The van der Waals surface area contributed by atoms with Gasteiger partial charge in [0.05, 0.1) is 11.3 Å². The Kier molecular flexibility index (Phi) is 5.98. The third-order valence-corrected chi connectivity index (χ3v) is 5.55. The van der Waals surface area contributed by atoms with E-state index in [2.05, 4.69) is 5.10 Å². The summed E-state index contributed by atoms with van der Waals surface area (Å²) in [5.74, 6) is -1.24. The largest absolute Gasteiger partial charge is 0.416 e. The van der Waals surface area contributed by atoms with Gasteiger partial charge in [-0.05, 0) is 42.5 Å². The van der Waals surface area contributed by atoms with Gasteiger partial charge in [-0.1, -0.05) is 6.07 Å². The Bertz CT molecular complexity index is 1340. The Morgan fingerprint density at radius 3 is 2.21 bits per heavy atom. The standard InChI is InChI=1S/C22H19F4N5O3/c1-28-19(32)18(27-31(21(28)34)16-7-5-15(23)6-8-16)20(33)30-11-9-29(10-12-30)17-4-2-3-14(13-17)22(24,25)26/h2-8,13H,9-12H2,1H3. The molecule has 0 atom stereocenters. The highest BCUT2D eigenvalue weighted by molar-refractivity contribution is 5.92. The number of anilines is 1. The Balaban J connectivity index is 1.56. The molecule has 0 aliphatic carbocycles. The molecule has 12 heteroatoms. The lowest BCUT2D eigenvalue weighted by Crippen LogP contribution is -2.51. The van der Waals surface area contributed by atoms with Crippen molar-refractivity contribution in [3.05, 3.63) is 86.4 Å². The molecule has 3 aromatic rings. The third-order valence-electron chi connectivity index (χ3n) is 5.55. The lowest BCUT2D eigenvalue weighted by Gasteiger charge is -2.36. The molecule has 34 heavy (non-hydrogen) atoms. The first kappa shape index (κ1) is 23.2. The topological polar surface area (TPSA) is 80.4 Å². The molecule has 2 heterocycles. The highest BCUT2D eigenvalue weighted by atomic mass is 19.4. The van der Waals surface area contributed by atoms with Gasteiger partial charge in [0.1, 0.15) is 5.82 Å². The minimum Gasteiger partial charge on any atom is -0.368 e. The molecule has 0 bridgehead atoms. The minimum atomic E-state index is -4.47. The van der Waals surface area contributed by atoms with Crippen molar-refractivity contribution in [2.75, 3.05) is 31.1 Å². The number of amides is 1. The van der Waals surface area contributed by atoms with Crippen molar-refractivity contribution >= 4 is 11.6 Å². The monoisotopic (exact) mass is 477 g/mol. The van der Waals surface area contributed by atoms with Gasteiger partial charge >= 0.3 is 11.9 Å². The average Bonchev–Trinajstić information content (AvgIpc) is 2.83. The van der Waals surface area contributed by atoms with Gasteiger partial charge in [-0.25, -0.2) is 9.18 Å². The van der Waals surface area contributed by atoms with Crippen molar-refractivity contribution < 1.29 is 22.4 Å². The number of nitrogens with zero attached hydrogens (tertiary/aromatic N) is 5. The number of carbonyl (C=O) groups is 1. The summed E-state index contributed by atoms with van der Waals surface area (Å²) in [6, 6.07) is 9.72. The smallest absolute Gasteiger partial charge is 0.368 e. The zero-order valence-electron chi connectivity index (χ0n) is 17.9. The molecule has 0 unspecified atom stereocenters. The molecule has 0 N–H and O–H groups in total. The summed E-state index contributed by atoms with van der Waals surface area (Å²) >= 11 is 0. The SMILES string of the molecule is Cn1c(=O)c(C(=O)N2CCN(c3cccc(C(F)(F)F)c3)CC2)nn(-c2ccc(F)cc2)c1=O. The van der Waals surface area contributed by atoms with Gasteiger partial charge in [0.25, 0.3) is 11.5 Å². The van der Waals surface area contributed by atoms with Gasteiger partial charge in [-0.3, -0.25) is 14.2 Å². The van der Waals surface area contributed by atoms with Crippen molar-refractivity contribution in [1.82, 2.24) is 19.2 Å². The molecule has 1 aliphatic heterocycles. The summed E-state index contributed by atoms with van der Waals surface area (Å²) in [7, 11) is 1.20. The van der Waals surface area contributed by atoms with E-state index in [1.54, 1.807) is 11.0 Å². The molecule has 4 rings (SSSR count). The molecular weight excluding hydrogens is 458 g/mol. The maximum Gasteiger partial charge on any atom is 0.416 e. The summed E-state index contributed by atoms with van der Waals surface area (Å²) in [4.78, 5) is 41.2. The Morgan fingerprint density at radius 1 is 0.941 bits per heavy atom. The normalized spacial score (nSPS) is 14.4. The number of hydrogen-bond acceptors (Lipinski definition) is 5. The lowest BCUT2D eigenvalue weighted by atomic mass is 10.1. The van der Waals surface area contributed by atoms with Crippen LogP contribution >= 0.6 is 0 Å². The average molecular weight is 477 g/mol. The number of aromatic nitrogens is 3. The number of benzene rings is 2. The maximum absolute atomic E-state index is 13.2. The summed E-state index contributed by atoms with van der Waals surface area (Å²) in [6.45, 7) is 0.751. The molecule has 0 saturated carbocycles. The van der Waals surface area contributed by atoms with Crippen LogP contribution in [0, 0.1) is 5.82 Å². The van der Waals surface area contributed by atoms with Crippen LogP contribution in [0.2, 0.25) is 0 Å². The van der Waals surface area contributed by atoms with Gasteiger partial charge in [-0.2, -0.15) is 23.0 Å². The predicted molar refractivity (Wildman–Crippen MR) is 115 cm³/mol. The molecule has 178 valence electrons. The van der Waals surface area contributed by atoms with Crippen LogP contribution in [0.1, 0.15) is 16.1 Å². The van der Waals surface area contributed by atoms with Crippen LogP contribution in [-0.4, -0.2) is 51.3 Å². The first-order chi connectivity index (χ1) is 16.1. The molecule has 1 aromatic heterocycles. The van der Waals surface area contributed by atoms with Crippen molar-refractivity contribution in [1.29, 1.82) is 0 Å². The molecule has 0 spiro atoms. The minimum absolute atomic E-state index is 0.135. The second-order valence-electron chi connectivity index (χ2n) is 7.71. The van der Waals surface area contributed by atoms with Crippen LogP contribution in [0.15, 0.2) is 58.1 Å². The zero-order valence-corrected chi connectivity index (χ0v) is 17.9. The molecule has 0 radical (unpaired) electrons. The van der Waals surface area contributed by atoms with Crippen LogP contribution in [0.25, 0.3) is 5.69 Å². The molecule has 1 saturated heterocycles. The van der Waals surface area contributed by atoms with E-state index in [9.17, 15) is 31.9 Å². The van der Waals surface area contributed by atoms with Crippen molar-refractivity contribution in [2.24, 2.45) is 7.05 Å². The lowest BCUT2D eigenvalue weighted by molar-refractivity contribution is -0.137. The van der Waals surface area contributed by atoms with E-state index in [0.717, 1.165) is 33.5 Å². The van der Waals surface area contributed by atoms with E-state index in [-0.39, 0.29) is 31.9 Å². The van der Waals surface area contributed by atoms with E-state index in [1.165, 1.54) is 30.1 Å². The quantitative estimate of drug-likeness (QED) is 0.540. The van der Waals surface area contributed by atoms with Crippen LogP contribution in [-0.2, 0) is 13.2 Å². The fourth-order valence-electron chi connectivity index (χ4n) is 3.65. The molecule has 1 fully saturated rings. The summed E-state index contributed by atoms with van der Waals surface area (Å²) < 4.78 is 53.9. The summed E-state index contributed by atoms with van der Waals surface area (Å²) in [5.41, 5.74) is -2.39. The number of halogens is 4. The fourth-order valence-corrected chi connectivity index (χ4v) is 3.65. The van der Waals surface area contributed by atoms with Crippen LogP contribution < -0.4 is 16.1 Å². The Labute approximate surface area is 190 Å². The fraction of sp³-hybridized carbons (Fsp3) is 0.273. The highest BCUT2D eigenvalue weighted by Gasteiger charge is 2.32. The van der Waals surface area contributed by atoms with Gasteiger partial charge < -0.3 is 9.80 Å². The molecule has 8 nitrogen and oxygen atoms in total. The number of hydrogen-bond donors (Lipinski definition) is 0. The van der Waals surface area contributed by atoms with E-state index in [4.69, 9.17) is 0 Å². The van der Waals surface area contributed by atoms with Crippen molar-refractivity contribution in [2.45, 2.75) is 6.18 Å². The van der Waals surface area contributed by atoms with Crippen molar-refractivity contribution in [3.8, 4) is 5.69 Å². The van der Waals surface area contributed by atoms with E-state index >= 15 is 0 Å². The highest BCUT2D eigenvalue weighted by Crippen LogP contribution is 2.31. The van der Waals surface area contributed by atoms with Gasteiger partial charge in [0.15, 0.2) is 0 Å². The van der Waals surface area contributed by atoms with Crippen LogP contribution in [0.4, 0.5) is 23.2 Å². The molecule has 1 aliphatic rings. The van der Waals surface area contributed by atoms with Gasteiger partial charge in [0.2, 0.25) is 5.69 Å². The predicted octanol–water partition coefficient (Wildman–Crippen LogP) is 2.05. The Hall–Kier alpha value is -3.96. The second kappa shape index (κ2) is 8.76. The first-order valence-electron chi connectivity index (χ1n) is 10.2. The van der Waals surface area contributed by atoms with E-state index in [1.807, 2.05) is 0 Å². The number of alkyl halides is 3. The molecular formula is C22H19F4N5O3. The van der Waals surface area contributed by atoms with Crippen LogP contribution in [0.3, 0.4) is 0 Å². The number of rotatable bonds is 3. The zero-order chi connectivity index (χ0) is 24.6. The summed E-state index contributed by atoms with van der Waals surface area (Å²) in [6.07, 6.45) is -4.47. The third kappa shape index (κ3) is 4.43. The van der Waals surface area contributed by atoms with Crippen molar-refractivity contribution in [3.63, 3.8) is 0 Å². The van der Waals surface area contributed by atoms with Gasteiger partial charge in [0, 0.05) is 38.9 Å². The van der Waals surface area contributed by atoms with E-state index in [0.29, 0.717) is 5.69 Å². The van der Waals surface area contributed by atoms with Crippen LogP contribution in [0.5, 0.6) is 0 Å². The molecule has 1 amide bonds.